The summed E-state index contributed by atoms with van der Waals surface area (Å²) in [5.74, 6) is 0.0124. The van der Waals surface area contributed by atoms with Crippen LogP contribution in [0, 0.1) is 10.1 Å². The number of esters is 1. The second-order valence-electron chi connectivity index (χ2n) is 5.12. The lowest BCUT2D eigenvalue weighted by Crippen LogP contribution is -2.38. The molecule has 0 aliphatic heterocycles. The van der Waals surface area contributed by atoms with Crippen molar-refractivity contribution in [3.63, 3.8) is 0 Å². The van der Waals surface area contributed by atoms with Gasteiger partial charge in [0.25, 0.3) is 0 Å². The van der Waals surface area contributed by atoms with E-state index in [1.165, 1.54) is 4.90 Å². The number of nitrogens with zero attached hydrogens (tertiary/aromatic N) is 4. The Labute approximate surface area is 127 Å². The zero-order valence-corrected chi connectivity index (χ0v) is 12.8. The van der Waals surface area contributed by atoms with Crippen LogP contribution in [0.3, 0.4) is 0 Å². The molecule has 22 heavy (non-hydrogen) atoms. The van der Waals surface area contributed by atoms with Gasteiger partial charge in [0.1, 0.15) is 12.2 Å². The number of nitro groups is 1. The summed E-state index contributed by atoms with van der Waals surface area (Å²) in [5, 5.41) is 14.0. The normalized spacial score (nSPS) is 15.0. The summed E-state index contributed by atoms with van der Waals surface area (Å²) in [5.41, 5.74) is -0.173. The van der Waals surface area contributed by atoms with E-state index in [1.807, 2.05) is 0 Å². The van der Waals surface area contributed by atoms with Crippen LogP contribution in [0.15, 0.2) is 6.20 Å². The molecule has 120 valence electrons. The van der Waals surface area contributed by atoms with Gasteiger partial charge >= 0.3 is 11.7 Å². The van der Waals surface area contributed by atoms with Gasteiger partial charge in [-0.1, -0.05) is 0 Å². The van der Waals surface area contributed by atoms with Gasteiger partial charge < -0.3 is 15.0 Å². The van der Waals surface area contributed by atoms with E-state index in [0.717, 1.165) is 19.0 Å². The Kier molecular flexibility index (Phi) is 4.74. The highest BCUT2D eigenvalue weighted by atomic mass is 16.6. The Morgan fingerprint density at radius 2 is 2.32 bits per heavy atom. The molecule has 0 amide bonds. The van der Waals surface area contributed by atoms with Gasteiger partial charge in [-0.05, 0) is 26.7 Å². The van der Waals surface area contributed by atoms with Crippen LogP contribution in [0.2, 0.25) is 0 Å². The second kappa shape index (κ2) is 6.54. The first-order valence-electron chi connectivity index (χ1n) is 7.11. The van der Waals surface area contributed by atoms with Crippen molar-refractivity contribution in [1.82, 2.24) is 9.97 Å². The fourth-order valence-electron chi connectivity index (χ4n) is 1.79. The van der Waals surface area contributed by atoms with Gasteiger partial charge in [-0.2, -0.15) is 4.98 Å². The van der Waals surface area contributed by atoms with Gasteiger partial charge in [0, 0.05) is 13.1 Å². The average molecular weight is 309 g/mol. The van der Waals surface area contributed by atoms with Crippen molar-refractivity contribution in [3.8, 4) is 0 Å². The number of nitrogens with one attached hydrogen (secondary N) is 1. The fourth-order valence-corrected chi connectivity index (χ4v) is 1.79. The second-order valence-corrected chi connectivity index (χ2v) is 5.12. The lowest BCUT2D eigenvalue weighted by Gasteiger charge is -2.23. The molecule has 1 heterocycles. The van der Waals surface area contributed by atoms with Crippen LogP contribution in [-0.2, 0) is 9.53 Å². The van der Waals surface area contributed by atoms with Crippen molar-refractivity contribution in [2.75, 3.05) is 23.9 Å². The molecule has 0 bridgehead atoms. The van der Waals surface area contributed by atoms with Crippen LogP contribution in [0.1, 0.15) is 26.7 Å². The highest BCUT2D eigenvalue weighted by Gasteiger charge is 2.28. The van der Waals surface area contributed by atoms with Crippen LogP contribution >= 0.6 is 0 Å². The van der Waals surface area contributed by atoms with Gasteiger partial charge in [0.2, 0.25) is 11.8 Å². The Morgan fingerprint density at radius 3 is 2.86 bits per heavy atom. The molecule has 0 radical (unpaired) electrons. The summed E-state index contributed by atoms with van der Waals surface area (Å²) in [6, 6.07) is -0.371. The van der Waals surface area contributed by atoms with Crippen molar-refractivity contribution >= 4 is 23.4 Å². The van der Waals surface area contributed by atoms with Crippen molar-refractivity contribution in [1.29, 1.82) is 0 Å². The smallest absolute Gasteiger partial charge is 0.329 e. The van der Waals surface area contributed by atoms with Crippen LogP contribution in [0.4, 0.5) is 17.5 Å². The van der Waals surface area contributed by atoms with Crippen LogP contribution in [0.25, 0.3) is 0 Å². The molecule has 1 fully saturated rings. The number of aromatic nitrogens is 2. The first-order chi connectivity index (χ1) is 10.4. The topological polar surface area (TPSA) is 110 Å². The van der Waals surface area contributed by atoms with Gasteiger partial charge in [0.15, 0.2) is 0 Å². The predicted molar refractivity (Wildman–Crippen MR) is 79.8 cm³/mol. The van der Waals surface area contributed by atoms with E-state index in [1.54, 1.807) is 20.9 Å². The molecule has 1 aliphatic carbocycles. The van der Waals surface area contributed by atoms with Gasteiger partial charge in [-0.3, -0.25) is 10.1 Å². The van der Waals surface area contributed by atoms with Gasteiger partial charge in [0.05, 0.1) is 11.5 Å². The maximum Gasteiger partial charge on any atom is 0.329 e. The maximum absolute atomic E-state index is 11.8. The molecular weight excluding hydrogens is 290 g/mol. The average Bonchev–Trinajstić information content (AvgIpc) is 3.29. The number of ether oxygens (including phenoxy) is 1. The third kappa shape index (κ3) is 3.60. The molecular formula is C13H19N5O4. The molecule has 1 aromatic rings. The summed E-state index contributed by atoms with van der Waals surface area (Å²) in [7, 11) is 1.64. The summed E-state index contributed by atoms with van der Waals surface area (Å²) >= 11 is 0. The highest BCUT2D eigenvalue weighted by molar-refractivity contribution is 5.78. The number of rotatable bonds is 7. The Morgan fingerprint density at radius 1 is 1.64 bits per heavy atom. The lowest BCUT2D eigenvalue weighted by atomic mass is 10.3. The van der Waals surface area contributed by atoms with Crippen LogP contribution in [-0.4, -0.2) is 46.6 Å². The Hall–Kier alpha value is -2.45. The quantitative estimate of drug-likeness (QED) is 0.456. The lowest BCUT2D eigenvalue weighted by molar-refractivity contribution is -0.384. The Bertz CT molecular complexity index is 576. The maximum atomic E-state index is 11.8. The summed E-state index contributed by atoms with van der Waals surface area (Å²) in [4.78, 5) is 32.0. The monoisotopic (exact) mass is 309 g/mol. The summed E-state index contributed by atoms with van der Waals surface area (Å²) in [6.45, 7) is 3.67. The molecule has 0 saturated heterocycles. The predicted octanol–water partition coefficient (Wildman–Crippen LogP) is 1.35. The Balaban J connectivity index is 2.22. The van der Waals surface area contributed by atoms with Crippen LogP contribution < -0.4 is 10.2 Å². The molecule has 0 spiro atoms. The van der Waals surface area contributed by atoms with Gasteiger partial charge in [-0.25, -0.2) is 9.78 Å². The zero-order chi connectivity index (χ0) is 16.3. The standard InChI is InChI=1S/C13H19N5O4/c1-4-22-12(19)8(2)17(3)13-14-7-10(18(20)21)11(16-13)15-9-5-6-9/h7-9H,4-6H2,1-3H3,(H,14,15,16)/t8-/m0/s1. The third-order valence-corrected chi connectivity index (χ3v) is 3.40. The molecule has 1 N–H and O–H groups in total. The van der Waals surface area contributed by atoms with Crippen molar-refractivity contribution in [2.45, 2.75) is 38.8 Å². The molecule has 1 saturated carbocycles. The molecule has 1 aliphatic rings. The molecule has 0 aromatic carbocycles. The first-order valence-corrected chi connectivity index (χ1v) is 7.11. The van der Waals surface area contributed by atoms with Crippen molar-refractivity contribution < 1.29 is 14.5 Å². The fraction of sp³-hybridized carbons (Fsp3) is 0.615. The van der Waals surface area contributed by atoms with E-state index in [2.05, 4.69) is 15.3 Å². The number of anilines is 2. The first kappa shape index (κ1) is 15.9. The number of hydrogen-bond donors (Lipinski definition) is 1. The van der Waals surface area contributed by atoms with Gasteiger partial charge in [-0.15, -0.1) is 0 Å². The molecule has 9 heteroatoms. The van der Waals surface area contributed by atoms with E-state index in [0.29, 0.717) is 0 Å². The molecule has 2 rings (SSSR count). The van der Waals surface area contributed by atoms with Crippen molar-refractivity contribution in [3.05, 3.63) is 16.3 Å². The third-order valence-electron chi connectivity index (χ3n) is 3.40. The van der Waals surface area contributed by atoms with E-state index in [4.69, 9.17) is 4.74 Å². The van der Waals surface area contributed by atoms with Crippen LogP contribution in [0.5, 0.6) is 0 Å². The van der Waals surface area contributed by atoms with E-state index >= 15 is 0 Å². The number of carbonyl (C=O) groups excluding carboxylic acids is 1. The largest absolute Gasteiger partial charge is 0.464 e. The minimum absolute atomic E-state index is 0.173. The van der Waals surface area contributed by atoms with E-state index < -0.39 is 16.9 Å². The molecule has 1 aromatic heterocycles. The molecule has 9 nitrogen and oxygen atoms in total. The molecule has 1 atom stereocenters. The summed E-state index contributed by atoms with van der Waals surface area (Å²) in [6.07, 6.45) is 3.08. The van der Waals surface area contributed by atoms with E-state index in [9.17, 15) is 14.9 Å². The van der Waals surface area contributed by atoms with Crippen molar-refractivity contribution in [2.24, 2.45) is 0 Å². The number of likely N-dealkylation sites (N-methyl/N-ethyl adjacent to an activating group) is 1. The zero-order valence-electron chi connectivity index (χ0n) is 12.8. The number of hydrogen-bond acceptors (Lipinski definition) is 8. The highest BCUT2D eigenvalue weighted by Crippen LogP contribution is 2.30. The van der Waals surface area contributed by atoms with E-state index in [-0.39, 0.29) is 30.1 Å². The minimum Gasteiger partial charge on any atom is -0.464 e. The molecule has 0 unspecified atom stereocenters. The number of carbonyl (C=O) groups is 1. The SMILES string of the molecule is CCOC(=O)[C@H](C)N(C)c1ncc([N+](=O)[O-])c(NC2CC2)n1. The minimum atomic E-state index is -0.588. The summed E-state index contributed by atoms with van der Waals surface area (Å²) < 4.78 is 4.95.